The van der Waals surface area contributed by atoms with Crippen molar-refractivity contribution in [1.29, 1.82) is 0 Å². The smallest absolute Gasteiger partial charge is 0.455 e. The summed E-state index contributed by atoms with van der Waals surface area (Å²) in [5, 5.41) is 17.9. The molecule has 0 spiro atoms. The van der Waals surface area contributed by atoms with Gasteiger partial charge in [0.15, 0.2) is 30.4 Å². The van der Waals surface area contributed by atoms with E-state index >= 15 is 4.39 Å². The number of rotatable bonds is 7. The number of esters is 1. The van der Waals surface area contributed by atoms with E-state index in [0.29, 0.717) is 17.7 Å². The van der Waals surface area contributed by atoms with Crippen molar-refractivity contribution in [2.75, 3.05) is 27.8 Å². The van der Waals surface area contributed by atoms with Crippen molar-refractivity contribution in [1.82, 2.24) is 9.88 Å². The molecule has 1 aromatic heterocycles. The molecule has 58 heavy (non-hydrogen) atoms. The highest BCUT2D eigenvalue weighted by molar-refractivity contribution is 6.08. The first-order valence-electron chi connectivity index (χ1n) is 19.8. The van der Waals surface area contributed by atoms with Gasteiger partial charge in [0.2, 0.25) is 0 Å². The molecule has 3 aliphatic heterocycles. The van der Waals surface area contributed by atoms with Crippen LogP contribution in [-0.4, -0.2) is 126 Å². The summed E-state index contributed by atoms with van der Waals surface area (Å²) in [6.07, 6.45) is -3.27. The third-order valence-electron chi connectivity index (χ3n) is 12.0. The molecule has 2 aromatic rings. The van der Waals surface area contributed by atoms with Crippen molar-refractivity contribution in [2.24, 2.45) is 22.9 Å². The highest BCUT2D eigenvalue weighted by Gasteiger charge is 2.60. The minimum atomic E-state index is -3.17. The molecule has 15 heteroatoms. The average Bonchev–Trinajstić information content (AvgIpc) is 3.50. The molecule has 318 valence electrons. The molecule has 0 radical (unpaired) electrons. The van der Waals surface area contributed by atoms with E-state index in [1.165, 1.54) is 14.0 Å². The number of aliphatic hydroxyl groups is 1. The number of hydrogen-bond acceptors (Lipinski definition) is 14. The second-order valence-corrected chi connectivity index (χ2v) is 16.6. The van der Waals surface area contributed by atoms with Gasteiger partial charge in [-0.2, -0.15) is 0 Å². The second kappa shape index (κ2) is 18.0. The third-order valence-corrected chi connectivity index (χ3v) is 12.0. The maximum atomic E-state index is 16.8. The lowest BCUT2D eigenvalue weighted by molar-refractivity contribution is -0.295. The summed E-state index contributed by atoms with van der Waals surface area (Å²) in [6, 6.07) is 7.39. The zero-order chi connectivity index (χ0) is 42.7. The number of pyridine rings is 1. The highest BCUT2D eigenvalue weighted by Crippen LogP contribution is 2.43. The summed E-state index contributed by atoms with van der Waals surface area (Å²) >= 11 is 0. The molecule has 3 fully saturated rings. The molecule has 0 saturated carbocycles. The molecular formula is C43H58FN3O11. The number of cyclic esters (lactones) is 1. The Kier molecular flexibility index (Phi) is 13.9. The van der Waals surface area contributed by atoms with E-state index in [-0.39, 0.29) is 31.6 Å². The molecule has 0 aliphatic carbocycles. The average molecular weight is 812 g/mol. The van der Waals surface area contributed by atoms with Gasteiger partial charge in [-0.25, -0.2) is 14.0 Å². The van der Waals surface area contributed by atoms with Gasteiger partial charge in [-0.05, 0) is 61.1 Å². The quantitative estimate of drug-likeness (QED) is 0.124. The van der Waals surface area contributed by atoms with Gasteiger partial charge in [0.05, 0.1) is 29.1 Å². The molecule has 4 heterocycles. The van der Waals surface area contributed by atoms with Crippen LogP contribution in [0.5, 0.6) is 0 Å². The minimum Gasteiger partial charge on any atom is -0.455 e. The summed E-state index contributed by atoms with van der Waals surface area (Å²) < 4.78 is 52.8. The number of hydrogen-bond donors (Lipinski definition) is 1. The zero-order valence-corrected chi connectivity index (χ0v) is 35.3. The predicted molar refractivity (Wildman–Crippen MR) is 211 cm³/mol. The van der Waals surface area contributed by atoms with Crippen LogP contribution in [0.4, 0.5) is 9.18 Å². The van der Waals surface area contributed by atoms with E-state index in [9.17, 15) is 19.5 Å². The Morgan fingerprint density at radius 1 is 1.05 bits per heavy atom. The Hall–Kier alpha value is -4.20. The number of likely N-dealkylation sites (N-methyl/N-ethyl adjacent to an activating group) is 1. The number of aromatic nitrogens is 1. The van der Waals surface area contributed by atoms with Crippen LogP contribution >= 0.6 is 0 Å². The molecule has 1 N–H and O–H groups in total. The highest BCUT2D eigenvalue weighted by atomic mass is 19.1. The summed E-state index contributed by atoms with van der Waals surface area (Å²) in [6.45, 7) is 12.6. The van der Waals surface area contributed by atoms with E-state index < -0.39 is 83.2 Å². The number of aliphatic hydroxyl groups excluding tert-OH is 1. The van der Waals surface area contributed by atoms with Gasteiger partial charge >= 0.3 is 12.1 Å². The third kappa shape index (κ3) is 9.01. The van der Waals surface area contributed by atoms with Crippen molar-refractivity contribution in [3.8, 4) is 11.8 Å². The summed E-state index contributed by atoms with van der Waals surface area (Å²) in [4.78, 5) is 52.9. The molecule has 1 aromatic carbocycles. The number of Topliss-reactive ketones (excluding diaryl/α,β-unsaturated/α-hetero) is 1. The van der Waals surface area contributed by atoms with Gasteiger partial charge in [-0.15, -0.1) is 0 Å². The fraction of sp³-hybridized carbons (Fsp3) is 0.651. The number of carbonyl (C=O) groups excluding carboxylic acids is 3. The van der Waals surface area contributed by atoms with Crippen LogP contribution in [0.1, 0.15) is 80.2 Å². The van der Waals surface area contributed by atoms with Gasteiger partial charge in [-0.3, -0.25) is 9.78 Å². The van der Waals surface area contributed by atoms with Crippen LogP contribution < -0.4 is 0 Å². The SMILES string of the molecule is CC[C@H]1OC(=O)[C@@](C)(F)C(=O)[C@H](C)[C@@H](O[C@@H]2O[C@H](C)C[C@H](N(C)C)[C@H]2O)[C@](C)(OC)C[C@@H](C)/C(=N\OCC#Cc2cncc3ccccc23)[C@H](C)[C@H]2OC(=O)O[C@@]21C. The lowest BCUT2D eigenvalue weighted by atomic mass is 9.73. The van der Waals surface area contributed by atoms with Crippen molar-refractivity contribution in [3.05, 3.63) is 42.2 Å². The lowest BCUT2D eigenvalue weighted by Gasteiger charge is -2.47. The lowest BCUT2D eigenvalue weighted by Crippen LogP contribution is -2.61. The molecule has 0 amide bonds. The number of nitrogens with zero attached hydrogens (tertiary/aromatic N) is 3. The molecule has 0 unspecified atom stereocenters. The first-order valence-corrected chi connectivity index (χ1v) is 19.8. The summed E-state index contributed by atoms with van der Waals surface area (Å²) in [5.74, 6) is 0.852. The van der Waals surface area contributed by atoms with Crippen molar-refractivity contribution in [2.45, 2.75) is 134 Å². The maximum absolute atomic E-state index is 16.8. The number of carbonyl (C=O) groups is 3. The number of fused-ring (bicyclic) bond motifs is 2. The molecule has 5 rings (SSSR count). The number of halogens is 1. The van der Waals surface area contributed by atoms with Gasteiger partial charge in [0, 0.05) is 54.1 Å². The number of ether oxygens (including phenoxy) is 6. The van der Waals surface area contributed by atoms with Crippen LogP contribution in [-0.2, 0) is 42.8 Å². The number of benzene rings is 1. The minimum absolute atomic E-state index is 0.0781. The molecule has 3 aliphatic rings. The van der Waals surface area contributed by atoms with Crippen molar-refractivity contribution >= 4 is 34.4 Å². The monoisotopic (exact) mass is 811 g/mol. The number of methoxy groups -OCH3 is 1. The van der Waals surface area contributed by atoms with E-state index in [2.05, 4.69) is 22.0 Å². The van der Waals surface area contributed by atoms with Crippen LogP contribution in [0.25, 0.3) is 10.8 Å². The molecular weight excluding hydrogens is 753 g/mol. The molecule has 3 saturated heterocycles. The fourth-order valence-electron chi connectivity index (χ4n) is 8.72. The molecule has 13 atom stereocenters. The van der Waals surface area contributed by atoms with E-state index in [4.69, 9.17) is 33.3 Å². The van der Waals surface area contributed by atoms with Crippen molar-refractivity contribution < 1.29 is 57.1 Å². The van der Waals surface area contributed by atoms with Crippen molar-refractivity contribution in [3.63, 3.8) is 0 Å². The van der Waals surface area contributed by atoms with E-state index in [1.807, 2.05) is 57.1 Å². The standard InChI is InChI=1S/C43H58FN3O11/c1-12-32-43(8)37(57-40(51)58-43)26(4)33(46-53-19-15-17-29-23-45-22-28-16-13-14-18-30(28)29)24(2)21-41(6,52-11)36(27(5)35(49)42(7,44)39(50)55-32)56-38-34(48)31(47(9)10)20-25(3)54-38/h13-14,16,18,22-27,31-32,34,36-38,48H,12,19-21H2,1-11H3/b46-33+/t24-,25-,26+,27+,31+,32-,34-,36-,37-,38+,41-,42+,43-/m1/s1. The zero-order valence-electron chi connectivity index (χ0n) is 35.3. The maximum Gasteiger partial charge on any atom is 0.509 e. The normalized spacial score (nSPS) is 38.2. The topological polar surface area (TPSA) is 165 Å². The molecule has 0 bridgehead atoms. The Morgan fingerprint density at radius 3 is 2.43 bits per heavy atom. The van der Waals surface area contributed by atoms with Gasteiger partial charge in [0.1, 0.15) is 12.2 Å². The van der Waals surface area contributed by atoms with Gasteiger partial charge in [0.25, 0.3) is 5.67 Å². The Labute approximate surface area is 340 Å². The first kappa shape index (κ1) is 44.9. The Bertz CT molecular complexity index is 1910. The fourth-order valence-corrected chi connectivity index (χ4v) is 8.72. The largest absolute Gasteiger partial charge is 0.509 e. The number of alkyl halides is 1. The van der Waals surface area contributed by atoms with Gasteiger partial charge < -0.3 is 43.3 Å². The van der Waals surface area contributed by atoms with Gasteiger partial charge in [-0.1, -0.05) is 69.0 Å². The Morgan fingerprint density at radius 2 is 1.76 bits per heavy atom. The number of oxime groups is 1. The van der Waals surface area contributed by atoms with E-state index in [1.54, 1.807) is 40.1 Å². The molecule has 14 nitrogen and oxygen atoms in total. The van der Waals surface area contributed by atoms with Crippen LogP contribution in [0.3, 0.4) is 0 Å². The number of ketones is 1. The van der Waals surface area contributed by atoms with Crippen LogP contribution in [0.2, 0.25) is 0 Å². The summed E-state index contributed by atoms with van der Waals surface area (Å²) in [7, 11) is 5.09. The predicted octanol–water partition coefficient (Wildman–Crippen LogP) is 5.40. The second-order valence-electron chi connectivity index (χ2n) is 16.6. The van der Waals surface area contributed by atoms with Crippen LogP contribution in [0, 0.1) is 29.6 Å². The van der Waals surface area contributed by atoms with Crippen LogP contribution in [0.15, 0.2) is 41.8 Å². The summed E-state index contributed by atoms with van der Waals surface area (Å²) in [5.41, 5.74) is -5.09. The Balaban J connectivity index is 1.58. The van der Waals surface area contributed by atoms with E-state index in [0.717, 1.165) is 17.7 Å². The first-order chi connectivity index (χ1) is 27.3.